The quantitative estimate of drug-likeness (QED) is 0.879. The van der Waals surface area contributed by atoms with Crippen molar-refractivity contribution < 1.29 is 17.3 Å². The van der Waals surface area contributed by atoms with Gasteiger partial charge < -0.3 is 10.3 Å². The van der Waals surface area contributed by atoms with Gasteiger partial charge in [0.05, 0.1) is 0 Å². The Balaban J connectivity index is 2.52. The number of anilines is 1. The Morgan fingerprint density at radius 2 is 2.06 bits per heavy atom. The maximum Gasteiger partial charge on any atom is 0.222 e. The zero-order valence-corrected chi connectivity index (χ0v) is 9.66. The normalized spacial score (nSPS) is 11.6. The van der Waals surface area contributed by atoms with Crippen molar-refractivity contribution in [3.63, 3.8) is 0 Å². The zero-order valence-electron chi connectivity index (χ0n) is 8.84. The lowest BCUT2D eigenvalue weighted by Gasteiger charge is -2.02. The molecule has 1 aromatic carbocycles. The van der Waals surface area contributed by atoms with E-state index >= 15 is 0 Å². The highest BCUT2D eigenvalue weighted by Crippen LogP contribution is 2.24. The Kier molecular flexibility index (Phi) is 2.62. The van der Waals surface area contributed by atoms with Crippen LogP contribution >= 0.6 is 0 Å². The molecular formula is C10H9FN2O3S. The van der Waals surface area contributed by atoms with Gasteiger partial charge in [0, 0.05) is 17.9 Å². The minimum Gasteiger partial charge on any atom is -0.368 e. The van der Waals surface area contributed by atoms with Crippen molar-refractivity contribution in [2.75, 3.05) is 12.0 Å². The maximum absolute atomic E-state index is 13.6. The van der Waals surface area contributed by atoms with Crippen LogP contribution < -0.4 is 5.73 Å². The fraction of sp³-hybridized carbons (Fsp3) is 0.100. The molecule has 1 heterocycles. The van der Waals surface area contributed by atoms with E-state index in [4.69, 9.17) is 5.73 Å². The smallest absolute Gasteiger partial charge is 0.222 e. The van der Waals surface area contributed by atoms with Crippen LogP contribution in [0.2, 0.25) is 0 Å². The topological polar surface area (TPSA) is 86.2 Å². The second-order valence-corrected chi connectivity index (χ2v) is 5.52. The molecule has 0 saturated carbocycles. The van der Waals surface area contributed by atoms with Gasteiger partial charge in [-0.25, -0.2) is 12.8 Å². The summed E-state index contributed by atoms with van der Waals surface area (Å²) in [6.45, 7) is 0. The summed E-state index contributed by atoms with van der Waals surface area (Å²) in [7, 11) is -3.57. The van der Waals surface area contributed by atoms with Crippen molar-refractivity contribution in [1.82, 2.24) is 5.16 Å². The van der Waals surface area contributed by atoms with Gasteiger partial charge in [-0.3, -0.25) is 0 Å². The van der Waals surface area contributed by atoms with E-state index in [1.807, 2.05) is 0 Å². The van der Waals surface area contributed by atoms with E-state index in [1.54, 1.807) is 0 Å². The average molecular weight is 256 g/mol. The molecule has 0 saturated heterocycles. The molecule has 2 aromatic rings. The second-order valence-electron chi connectivity index (χ2n) is 3.53. The van der Waals surface area contributed by atoms with Gasteiger partial charge >= 0.3 is 0 Å². The molecule has 2 rings (SSSR count). The molecule has 0 aliphatic heterocycles. The highest BCUT2D eigenvalue weighted by molar-refractivity contribution is 7.90. The first kappa shape index (κ1) is 11.6. The molecule has 0 spiro atoms. The summed E-state index contributed by atoms with van der Waals surface area (Å²) in [5, 5.41) is 3.60. The number of aromatic nitrogens is 1. The molecular weight excluding hydrogens is 247 g/mol. The van der Waals surface area contributed by atoms with E-state index < -0.39 is 15.7 Å². The van der Waals surface area contributed by atoms with Crippen molar-refractivity contribution in [3.05, 3.63) is 30.1 Å². The first-order valence-corrected chi connectivity index (χ1v) is 6.49. The van der Waals surface area contributed by atoms with E-state index in [1.165, 1.54) is 18.2 Å². The molecule has 0 amide bonds. The molecule has 0 atom stereocenters. The number of hydrogen-bond acceptors (Lipinski definition) is 5. The van der Waals surface area contributed by atoms with Crippen molar-refractivity contribution in [2.45, 2.75) is 4.90 Å². The van der Waals surface area contributed by atoms with Gasteiger partial charge in [0.1, 0.15) is 16.4 Å². The number of nitrogens with two attached hydrogens (primary N) is 1. The van der Waals surface area contributed by atoms with Crippen LogP contribution in [0.25, 0.3) is 11.3 Å². The SMILES string of the molecule is CS(=O)(=O)c1ccc(-c2cc(N)on2)cc1F. The first-order valence-electron chi connectivity index (χ1n) is 4.60. The lowest BCUT2D eigenvalue weighted by molar-refractivity contribution is 0.439. The Labute approximate surface area is 96.9 Å². The number of nitrogen functional groups attached to an aromatic ring is 1. The summed E-state index contributed by atoms with van der Waals surface area (Å²) in [5.74, 6) is -0.723. The highest BCUT2D eigenvalue weighted by atomic mass is 32.2. The molecule has 0 bridgehead atoms. The fourth-order valence-corrected chi connectivity index (χ4v) is 2.11. The van der Waals surface area contributed by atoms with Crippen LogP contribution in [0.1, 0.15) is 0 Å². The standard InChI is InChI=1S/C10H9FN2O3S/c1-17(14,15)9-3-2-6(4-7(9)11)8-5-10(12)16-13-8/h2-5H,12H2,1H3. The summed E-state index contributed by atoms with van der Waals surface area (Å²) in [6.07, 6.45) is 0.944. The second kappa shape index (κ2) is 3.85. The molecule has 7 heteroatoms. The Morgan fingerprint density at radius 3 is 2.53 bits per heavy atom. The van der Waals surface area contributed by atoms with Gasteiger partial charge in [0.2, 0.25) is 5.88 Å². The zero-order chi connectivity index (χ0) is 12.6. The Morgan fingerprint density at radius 1 is 1.35 bits per heavy atom. The van der Waals surface area contributed by atoms with E-state index in [-0.39, 0.29) is 10.8 Å². The van der Waals surface area contributed by atoms with Gasteiger partial charge in [0.25, 0.3) is 0 Å². The lowest BCUT2D eigenvalue weighted by atomic mass is 10.1. The van der Waals surface area contributed by atoms with Crippen molar-refractivity contribution in [3.8, 4) is 11.3 Å². The summed E-state index contributed by atoms with van der Waals surface area (Å²) >= 11 is 0. The molecule has 0 radical (unpaired) electrons. The Hall–Kier alpha value is -1.89. The summed E-state index contributed by atoms with van der Waals surface area (Å²) in [5.41, 5.74) is 6.08. The van der Waals surface area contributed by atoms with Gasteiger partial charge in [-0.05, 0) is 12.1 Å². The maximum atomic E-state index is 13.6. The number of rotatable bonds is 2. The van der Waals surface area contributed by atoms with E-state index in [0.717, 1.165) is 12.3 Å². The summed E-state index contributed by atoms with van der Waals surface area (Å²) < 4.78 is 40.6. The largest absolute Gasteiger partial charge is 0.368 e. The average Bonchev–Trinajstić information content (AvgIpc) is 2.62. The molecule has 2 N–H and O–H groups in total. The molecule has 0 fully saturated rings. The third-order valence-corrected chi connectivity index (χ3v) is 3.29. The highest BCUT2D eigenvalue weighted by Gasteiger charge is 2.15. The minimum absolute atomic E-state index is 0.104. The van der Waals surface area contributed by atoms with Crippen LogP contribution in [-0.4, -0.2) is 19.8 Å². The lowest BCUT2D eigenvalue weighted by Crippen LogP contribution is -2.00. The van der Waals surface area contributed by atoms with Crippen LogP contribution in [0, 0.1) is 5.82 Å². The molecule has 0 aliphatic rings. The van der Waals surface area contributed by atoms with Crippen LogP contribution in [0.3, 0.4) is 0 Å². The molecule has 90 valence electrons. The minimum atomic E-state index is -3.57. The predicted molar refractivity (Wildman–Crippen MR) is 59.4 cm³/mol. The number of halogens is 1. The van der Waals surface area contributed by atoms with Gasteiger partial charge in [-0.1, -0.05) is 11.2 Å². The first-order chi connectivity index (χ1) is 7.88. The van der Waals surface area contributed by atoms with Crippen LogP contribution in [0.5, 0.6) is 0 Å². The molecule has 0 aliphatic carbocycles. The number of nitrogens with zero attached hydrogens (tertiary/aromatic N) is 1. The van der Waals surface area contributed by atoms with Crippen molar-refractivity contribution in [1.29, 1.82) is 0 Å². The van der Waals surface area contributed by atoms with E-state index in [9.17, 15) is 12.8 Å². The summed E-state index contributed by atoms with van der Waals surface area (Å²) in [4.78, 5) is -0.349. The number of sulfone groups is 1. The van der Waals surface area contributed by atoms with Crippen LogP contribution in [0.4, 0.5) is 10.3 Å². The Bertz CT molecular complexity index is 664. The monoisotopic (exact) mass is 256 g/mol. The fourth-order valence-electron chi connectivity index (χ4n) is 1.39. The van der Waals surface area contributed by atoms with Gasteiger partial charge in [0.15, 0.2) is 9.84 Å². The van der Waals surface area contributed by atoms with E-state index in [0.29, 0.717) is 11.3 Å². The van der Waals surface area contributed by atoms with Crippen molar-refractivity contribution in [2.24, 2.45) is 0 Å². The third kappa shape index (κ3) is 2.28. The van der Waals surface area contributed by atoms with Gasteiger partial charge in [-0.15, -0.1) is 0 Å². The molecule has 1 aromatic heterocycles. The van der Waals surface area contributed by atoms with E-state index in [2.05, 4.69) is 9.68 Å². The molecule has 5 nitrogen and oxygen atoms in total. The predicted octanol–water partition coefficient (Wildman–Crippen LogP) is 1.47. The summed E-state index contributed by atoms with van der Waals surface area (Å²) in [6, 6.07) is 5.13. The molecule has 0 unspecified atom stereocenters. The molecule has 17 heavy (non-hydrogen) atoms. The number of benzene rings is 1. The number of hydrogen-bond donors (Lipinski definition) is 1. The van der Waals surface area contributed by atoms with Crippen LogP contribution in [-0.2, 0) is 9.84 Å². The third-order valence-electron chi connectivity index (χ3n) is 2.16. The van der Waals surface area contributed by atoms with Crippen LogP contribution in [0.15, 0.2) is 33.7 Å². The van der Waals surface area contributed by atoms with Crippen molar-refractivity contribution >= 4 is 15.7 Å². The van der Waals surface area contributed by atoms with Gasteiger partial charge in [-0.2, -0.15) is 0 Å².